The zero-order chi connectivity index (χ0) is 14.0. The average molecular weight is 263 g/mol. The number of benzene rings is 1. The van der Waals surface area contributed by atoms with Crippen molar-refractivity contribution in [2.24, 2.45) is 5.73 Å². The Morgan fingerprint density at radius 1 is 1.58 bits per heavy atom. The number of nitrogens with two attached hydrogens (primary N) is 1. The molecule has 6 heteroatoms. The summed E-state index contributed by atoms with van der Waals surface area (Å²) in [5, 5.41) is 19.1. The second-order valence-electron chi connectivity index (χ2n) is 4.67. The first-order valence-corrected chi connectivity index (χ1v) is 5.94. The smallest absolute Gasteiger partial charge is 0.251 e. The van der Waals surface area contributed by atoms with Gasteiger partial charge in [-0.25, -0.2) is 4.39 Å². The number of primary amides is 1. The molecule has 0 spiro atoms. The van der Waals surface area contributed by atoms with Crippen molar-refractivity contribution in [3.63, 3.8) is 0 Å². The van der Waals surface area contributed by atoms with Gasteiger partial charge in [-0.3, -0.25) is 4.79 Å². The first-order chi connectivity index (χ1) is 8.98. The summed E-state index contributed by atoms with van der Waals surface area (Å²) in [4.78, 5) is 12.9. The Bertz CT molecular complexity index is 555. The van der Waals surface area contributed by atoms with E-state index in [0.29, 0.717) is 18.7 Å². The van der Waals surface area contributed by atoms with Crippen LogP contribution in [0, 0.1) is 17.1 Å². The summed E-state index contributed by atoms with van der Waals surface area (Å²) in [5.74, 6) is -1.42. The molecule has 3 N–H and O–H groups in total. The Morgan fingerprint density at radius 2 is 2.32 bits per heavy atom. The van der Waals surface area contributed by atoms with Gasteiger partial charge in [0.1, 0.15) is 17.4 Å². The van der Waals surface area contributed by atoms with Crippen LogP contribution in [0.25, 0.3) is 0 Å². The van der Waals surface area contributed by atoms with Gasteiger partial charge in [0, 0.05) is 6.54 Å². The van der Waals surface area contributed by atoms with E-state index in [2.05, 4.69) is 0 Å². The summed E-state index contributed by atoms with van der Waals surface area (Å²) in [6, 6.07) is 6.09. The van der Waals surface area contributed by atoms with Gasteiger partial charge in [0.2, 0.25) is 0 Å². The maximum Gasteiger partial charge on any atom is 0.251 e. The highest BCUT2D eigenvalue weighted by Crippen LogP contribution is 2.29. The molecule has 1 unspecified atom stereocenters. The van der Waals surface area contributed by atoms with E-state index < -0.39 is 17.3 Å². The minimum atomic E-state index is -1.63. The third-order valence-electron chi connectivity index (χ3n) is 3.37. The summed E-state index contributed by atoms with van der Waals surface area (Å²) < 4.78 is 13.6. The van der Waals surface area contributed by atoms with Crippen molar-refractivity contribution in [2.45, 2.75) is 18.4 Å². The summed E-state index contributed by atoms with van der Waals surface area (Å²) in [7, 11) is 0. The molecule has 5 nitrogen and oxygen atoms in total. The number of amides is 1. The molecule has 19 heavy (non-hydrogen) atoms. The molecule has 1 atom stereocenters. The normalized spacial score (nSPS) is 22.9. The van der Waals surface area contributed by atoms with Gasteiger partial charge in [-0.1, -0.05) is 6.07 Å². The molecule has 1 saturated heterocycles. The number of nitrogens with zero attached hydrogens (tertiary/aromatic N) is 2. The van der Waals surface area contributed by atoms with Gasteiger partial charge in [-0.2, -0.15) is 5.26 Å². The Morgan fingerprint density at radius 3 is 2.95 bits per heavy atom. The number of hydrogen-bond donors (Lipinski definition) is 2. The van der Waals surface area contributed by atoms with Crippen molar-refractivity contribution in [1.82, 2.24) is 0 Å². The van der Waals surface area contributed by atoms with Gasteiger partial charge in [-0.15, -0.1) is 0 Å². The highest BCUT2D eigenvalue weighted by molar-refractivity contribution is 5.84. The van der Waals surface area contributed by atoms with Crippen molar-refractivity contribution in [2.75, 3.05) is 18.0 Å². The number of carbonyl (C=O) groups is 1. The molecule has 0 saturated carbocycles. The van der Waals surface area contributed by atoms with E-state index in [0.717, 1.165) is 0 Å². The van der Waals surface area contributed by atoms with Crippen LogP contribution in [0.5, 0.6) is 0 Å². The second-order valence-corrected chi connectivity index (χ2v) is 4.67. The Kier molecular flexibility index (Phi) is 3.40. The molecule has 1 amide bonds. The van der Waals surface area contributed by atoms with E-state index in [1.165, 1.54) is 12.1 Å². The minimum absolute atomic E-state index is 0.0273. The van der Waals surface area contributed by atoms with Crippen LogP contribution in [0.2, 0.25) is 0 Å². The average Bonchev–Trinajstić information content (AvgIpc) is 2.38. The molecule has 0 bridgehead atoms. The largest absolute Gasteiger partial charge is 0.378 e. The Hall–Kier alpha value is -2.13. The molecule has 0 aromatic heterocycles. The van der Waals surface area contributed by atoms with Crippen molar-refractivity contribution in [1.29, 1.82) is 5.26 Å². The molecular formula is C13H14FN3O2. The molecule has 2 rings (SSSR count). The lowest BCUT2D eigenvalue weighted by atomic mass is 9.91. The first-order valence-electron chi connectivity index (χ1n) is 5.94. The van der Waals surface area contributed by atoms with Crippen LogP contribution in [0.15, 0.2) is 18.2 Å². The summed E-state index contributed by atoms with van der Waals surface area (Å²) >= 11 is 0. The minimum Gasteiger partial charge on any atom is -0.378 e. The predicted octanol–water partition coefficient (Wildman–Crippen LogP) is 0.514. The summed E-state index contributed by atoms with van der Waals surface area (Å²) in [5.41, 5.74) is 3.85. The van der Waals surface area contributed by atoms with Crippen molar-refractivity contribution in [3.8, 4) is 6.07 Å². The predicted molar refractivity (Wildman–Crippen MR) is 66.7 cm³/mol. The van der Waals surface area contributed by atoms with Crippen LogP contribution < -0.4 is 10.6 Å². The number of piperidine rings is 1. The third-order valence-corrected chi connectivity index (χ3v) is 3.37. The lowest BCUT2D eigenvalue weighted by molar-refractivity contribution is -0.137. The van der Waals surface area contributed by atoms with Crippen LogP contribution in [0.3, 0.4) is 0 Å². The molecule has 0 radical (unpaired) electrons. The van der Waals surface area contributed by atoms with Gasteiger partial charge in [0.15, 0.2) is 5.60 Å². The third kappa shape index (κ3) is 2.37. The lowest BCUT2D eigenvalue weighted by Gasteiger charge is -2.38. The maximum absolute atomic E-state index is 13.6. The first kappa shape index (κ1) is 13.3. The molecule has 1 aliphatic heterocycles. The number of aliphatic hydroxyl groups is 1. The SMILES string of the molecule is N#Cc1c(F)cccc1N1CCCC(O)(C(N)=O)C1. The zero-order valence-corrected chi connectivity index (χ0v) is 10.3. The standard InChI is InChI=1S/C13H14FN3O2/c14-10-3-1-4-11(9(10)7-15)17-6-2-5-13(19,8-17)12(16)18/h1,3-4,19H,2,5-6,8H2,(H2,16,18). The fourth-order valence-electron chi connectivity index (χ4n) is 2.33. The molecule has 100 valence electrons. The summed E-state index contributed by atoms with van der Waals surface area (Å²) in [6.45, 7) is 0.508. The topological polar surface area (TPSA) is 90.3 Å². The van der Waals surface area contributed by atoms with E-state index in [1.807, 2.05) is 0 Å². The van der Waals surface area contributed by atoms with E-state index in [-0.39, 0.29) is 18.5 Å². The number of halogens is 1. The van der Waals surface area contributed by atoms with Gasteiger partial charge in [0.25, 0.3) is 5.91 Å². The maximum atomic E-state index is 13.6. The molecule has 1 aromatic carbocycles. The molecule has 0 aliphatic carbocycles. The number of anilines is 1. The highest BCUT2D eigenvalue weighted by atomic mass is 19.1. The zero-order valence-electron chi connectivity index (χ0n) is 10.3. The number of hydrogen-bond acceptors (Lipinski definition) is 4. The number of nitriles is 1. The second kappa shape index (κ2) is 4.86. The van der Waals surface area contributed by atoms with E-state index >= 15 is 0 Å². The molecule has 1 aliphatic rings. The van der Waals surface area contributed by atoms with Crippen molar-refractivity contribution in [3.05, 3.63) is 29.6 Å². The van der Waals surface area contributed by atoms with Crippen LogP contribution in [-0.2, 0) is 4.79 Å². The fraction of sp³-hybridized carbons (Fsp3) is 0.385. The molecule has 1 heterocycles. The van der Waals surface area contributed by atoms with Crippen LogP contribution >= 0.6 is 0 Å². The number of β-amino-alcohol motifs (C(OH)–C–C–N with tert-alkyl or cyclic N) is 1. The fourth-order valence-corrected chi connectivity index (χ4v) is 2.33. The van der Waals surface area contributed by atoms with Gasteiger partial charge in [-0.05, 0) is 25.0 Å². The quantitative estimate of drug-likeness (QED) is 0.813. The van der Waals surface area contributed by atoms with Crippen molar-refractivity contribution < 1.29 is 14.3 Å². The molecular weight excluding hydrogens is 249 g/mol. The van der Waals surface area contributed by atoms with E-state index in [1.54, 1.807) is 17.0 Å². The Labute approximate surface area is 110 Å². The lowest BCUT2D eigenvalue weighted by Crippen LogP contribution is -2.56. The molecule has 1 fully saturated rings. The highest BCUT2D eigenvalue weighted by Gasteiger charge is 2.39. The summed E-state index contributed by atoms with van der Waals surface area (Å²) in [6.07, 6.45) is 0.816. The van der Waals surface area contributed by atoms with Gasteiger partial charge >= 0.3 is 0 Å². The van der Waals surface area contributed by atoms with Crippen LogP contribution in [0.4, 0.5) is 10.1 Å². The van der Waals surface area contributed by atoms with Crippen molar-refractivity contribution >= 4 is 11.6 Å². The van der Waals surface area contributed by atoms with Crippen LogP contribution in [-0.4, -0.2) is 29.7 Å². The van der Waals surface area contributed by atoms with Gasteiger partial charge in [0.05, 0.1) is 12.2 Å². The van der Waals surface area contributed by atoms with Gasteiger partial charge < -0.3 is 15.7 Å². The molecule has 1 aromatic rings. The van der Waals surface area contributed by atoms with Crippen LogP contribution in [0.1, 0.15) is 18.4 Å². The monoisotopic (exact) mass is 263 g/mol. The van der Waals surface area contributed by atoms with E-state index in [4.69, 9.17) is 11.0 Å². The Balaban J connectivity index is 2.36. The van der Waals surface area contributed by atoms with E-state index in [9.17, 15) is 14.3 Å². The number of carbonyl (C=O) groups excluding carboxylic acids is 1. The number of rotatable bonds is 2.